The number of anilines is 1. The normalized spacial score (nSPS) is 10.8. The fourth-order valence-corrected chi connectivity index (χ4v) is 3.53. The number of nitrogens with one attached hydrogen (secondary N) is 1. The van der Waals surface area contributed by atoms with Gasteiger partial charge in [0.2, 0.25) is 0 Å². The molecule has 3 rings (SSSR count). The highest BCUT2D eigenvalue weighted by Gasteiger charge is 2.17. The number of aromatic nitrogens is 1. The van der Waals surface area contributed by atoms with Gasteiger partial charge in [0.25, 0.3) is 5.91 Å². The van der Waals surface area contributed by atoms with E-state index in [1.807, 2.05) is 54.6 Å². The van der Waals surface area contributed by atoms with E-state index in [0.29, 0.717) is 14.6 Å². The quantitative estimate of drug-likeness (QED) is 0.400. The molecule has 0 aliphatic rings. The molecule has 6 nitrogen and oxygen atoms in total. The first-order valence-electron chi connectivity index (χ1n) is 7.64. The molecular formula is C18H16N4O2S2. The Kier molecular flexibility index (Phi) is 5.45. The monoisotopic (exact) mass is 384 g/mol. The molecule has 0 saturated heterocycles. The van der Waals surface area contributed by atoms with Crippen molar-refractivity contribution in [3.05, 3.63) is 69.0 Å². The van der Waals surface area contributed by atoms with Crippen LogP contribution < -0.4 is 15.9 Å². The van der Waals surface area contributed by atoms with Gasteiger partial charge in [-0.05, 0) is 54.2 Å². The Morgan fingerprint density at radius 1 is 1.23 bits per heavy atom. The van der Waals surface area contributed by atoms with Gasteiger partial charge in [0, 0.05) is 5.69 Å². The van der Waals surface area contributed by atoms with Crippen LogP contribution in [0.5, 0.6) is 5.75 Å². The number of methoxy groups -OCH3 is 1. The number of amides is 1. The number of nitrogens with two attached hydrogens (primary N) is 1. The molecule has 0 saturated carbocycles. The topological polar surface area (TPSA) is 81.6 Å². The maximum absolute atomic E-state index is 12.4. The summed E-state index contributed by atoms with van der Waals surface area (Å²) >= 11 is 6.49. The smallest absolute Gasteiger partial charge is 0.285 e. The highest BCUT2D eigenvalue weighted by atomic mass is 32.1. The van der Waals surface area contributed by atoms with Crippen LogP contribution in [-0.4, -0.2) is 23.8 Å². The maximum atomic E-state index is 12.4. The van der Waals surface area contributed by atoms with E-state index < -0.39 is 5.91 Å². The van der Waals surface area contributed by atoms with Crippen LogP contribution in [-0.2, 0) is 0 Å². The number of para-hydroxylation sites is 1. The second kappa shape index (κ2) is 7.94. The van der Waals surface area contributed by atoms with Crippen LogP contribution in [0.2, 0.25) is 0 Å². The summed E-state index contributed by atoms with van der Waals surface area (Å²) in [5.41, 5.74) is 10.3. The highest BCUT2D eigenvalue weighted by Crippen LogP contribution is 2.26. The van der Waals surface area contributed by atoms with E-state index >= 15 is 0 Å². The van der Waals surface area contributed by atoms with Gasteiger partial charge < -0.3 is 10.5 Å². The lowest BCUT2D eigenvalue weighted by atomic mass is 10.2. The number of nitrogens with zero attached hydrogens (tertiary/aromatic N) is 2. The number of hydrogen-bond donors (Lipinski definition) is 2. The molecule has 0 spiro atoms. The molecule has 8 heteroatoms. The second-order valence-corrected chi connectivity index (χ2v) is 6.87. The fraction of sp³-hybridized carbons (Fsp3) is 0.0556. The number of benzene rings is 2. The first-order chi connectivity index (χ1) is 12.6. The summed E-state index contributed by atoms with van der Waals surface area (Å²) in [6.07, 6.45) is 1.54. The van der Waals surface area contributed by atoms with Crippen LogP contribution in [0.25, 0.3) is 5.69 Å². The summed E-state index contributed by atoms with van der Waals surface area (Å²) in [6.45, 7) is 0. The molecule has 26 heavy (non-hydrogen) atoms. The predicted octanol–water partition coefficient (Wildman–Crippen LogP) is 3.62. The molecule has 1 aromatic heterocycles. The molecular weight excluding hydrogens is 368 g/mol. The zero-order valence-corrected chi connectivity index (χ0v) is 15.5. The van der Waals surface area contributed by atoms with Crippen molar-refractivity contribution in [2.24, 2.45) is 5.10 Å². The summed E-state index contributed by atoms with van der Waals surface area (Å²) in [4.78, 5) is 12.7. The average Bonchev–Trinajstić information content (AvgIpc) is 2.97. The SMILES string of the molecule is COc1ccc(/C=N/NC(=O)c2sc(=S)n(-c3ccccc3)c2N)cc1. The molecule has 0 unspecified atom stereocenters. The third-order valence-electron chi connectivity index (χ3n) is 3.56. The summed E-state index contributed by atoms with van der Waals surface area (Å²) in [5.74, 6) is 0.641. The summed E-state index contributed by atoms with van der Waals surface area (Å²) < 4.78 is 7.26. The van der Waals surface area contributed by atoms with Crippen LogP contribution >= 0.6 is 23.6 Å². The van der Waals surface area contributed by atoms with Crippen molar-refractivity contribution >= 4 is 41.5 Å². The third-order valence-corrected chi connectivity index (χ3v) is 4.95. The minimum Gasteiger partial charge on any atom is -0.497 e. The Balaban J connectivity index is 1.76. The number of carbonyl (C=O) groups is 1. The van der Waals surface area contributed by atoms with Gasteiger partial charge in [0.05, 0.1) is 13.3 Å². The molecule has 0 aliphatic heterocycles. The van der Waals surface area contributed by atoms with Gasteiger partial charge in [0.15, 0.2) is 3.95 Å². The average molecular weight is 384 g/mol. The molecule has 0 fully saturated rings. The molecule has 2 aromatic carbocycles. The molecule has 1 heterocycles. The number of carbonyl (C=O) groups excluding carboxylic acids is 1. The Bertz CT molecular complexity index is 992. The molecule has 0 aliphatic carbocycles. The van der Waals surface area contributed by atoms with Crippen LogP contribution in [0.4, 0.5) is 5.82 Å². The third kappa shape index (κ3) is 3.81. The zero-order valence-electron chi connectivity index (χ0n) is 13.9. The predicted molar refractivity (Wildman–Crippen MR) is 107 cm³/mol. The van der Waals surface area contributed by atoms with Crippen molar-refractivity contribution in [1.29, 1.82) is 0 Å². The van der Waals surface area contributed by atoms with Gasteiger partial charge in [0.1, 0.15) is 16.4 Å². The van der Waals surface area contributed by atoms with E-state index in [0.717, 1.165) is 28.3 Å². The Hall–Kier alpha value is -2.97. The molecule has 132 valence electrons. The van der Waals surface area contributed by atoms with E-state index in [1.165, 1.54) is 0 Å². The van der Waals surface area contributed by atoms with Crippen molar-refractivity contribution in [3.8, 4) is 11.4 Å². The van der Waals surface area contributed by atoms with E-state index in [1.54, 1.807) is 17.9 Å². The lowest BCUT2D eigenvalue weighted by Gasteiger charge is -2.05. The van der Waals surface area contributed by atoms with E-state index in [9.17, 15) is 4.79 Å². The van der Waals surface area contributed by atoms with E-state index in [-0.39, 0.29) is 0 Å². The second-order valence-electron chi connectivity index (χ2n) is 5.23. The number of nitrogen functional groups attached to an aromatic ring is 1. The highest BCUT2D eigenvalue weighted by molar-refractivity contribution is 7.73. The standard InChI is InChI=1S/C18H16N4O2S2/c1-24-14-9-7-12(8-10-14)11-20-21-17(23)15-16(19)22(18(25)26-15)13-5-3-2-4-6-13/h2-11H,19H2,1H3,(H,21,23)/b20-11+. The van der Waals surface area contributed by atoms with Gasteiger partial charge >= 0.3 is 0 Å². The largest absolute Gasteiger partial charge is 0.497 e. The summed E-state index contributed by atoms with van der Waals surface area (Å²) in [5, 5.41) is 3.97. The minimum atomic E-state index is -0.405. The van der Waals surface area contributed by atoms with Gasteiger partial charge in [-0.3, -0.25) is 9.36 Å². The molecule has 3 aromatic rings. The summed E-state index contributed by atoms with van der Waals surface area (Å²) in [7, 11) is 1.60. The fourth-order valence-electron chi connectivity index (χ4n) is 2.28. The Morgan fingerprint density at radius 2 is 1.92 bits per heavy atom. The van der Waals surface area contributed by atoms with Crippen LogP contribution in [0, 0.1) is 3.95 Å². The number of hydrazone groups is 1. The lowest BCUT2D eigenvalue weighted by molar-refractivity contribution is 0.0959. The Labute approximate surface area is 159 Å². The molecule has 1 amide bonds. The maximum Gasteiger partial charge on any atom is 0.285 e. The van der Waals surface area contributed by atoms with Crippen molar-refractivity contribution in [2.75, 3.05) is 12.8 Å². The Morgan fingerprint density at radius 3 is 2.58 bits per heavy atom. The lowest BCUT2D eigenvalue weighted by Crippen LogP contribution is -2.18. The van der Waals surface area contributed by atoms with Crippen molar-refractivity contribution in [2.45, 2.75) is 0 Å². The molecule has 0 bridgehead atoms. The summed E-state index contributed by atoms with van der Waals surface area (Å²) in [6, 6.07) is 16.7. The van der Waals surface area contributed by atoms with E-state index in [4.69, 9.17) is 22.7 Å². The first-order valence-corrected chi connectivity index (χ1v) is 8.87. The van der Waals surface area contributed by atoms with Gasteiger partial charge in [-0.1, -0.05) is 29.5 Å². The van der Waals surface area contributed by atoms with Crippen LogP contribution in [0.1, 0.15) is 15.2 Å². The van der Waals surface area contributed by atoms with Gasteiger partial charge in [-0.2, -0.15) is 5.10 Å². The number of ether oxygens (including phenoxy) is 1. The van der Waals surface area contributed by atoms with Crippen molar-refractivity contribution < 1.29 is 9.53 Å². The number of hydrogen-bond acceptors (Lipinski definition) is 6. The van der Waals surface area contributed by atoms with Crippen molar-refractivity contribution in [1.82, 2.24) is 9.99 Å². The minimum absolute atomic E-state index is 0.295. The van der Waals surface area contributed by atoms with Crippen LogP contribution in [0.3, 0.4) is 0 Å². The molecule has 0 atom stereocenters. The van der Waals surface area contributed by atoms with Gasteiger partial charge in [-0.25, -0.2) is 5.43 Å². The first kappa shape index (κ1) is 17.8. The van der Waals surface area contributed by atoms with Crippen LogP contribution in [0.15, 0.2) is 59.7 Å². The molecule has 3 N–H and O–H groups in total. The molecule has 0 radical (unpaired) electrons. The zero-order chi connectivity index (χ0) is 18.5. The number of thiazole rings is 1. The van der Waals surface area contributed by atoms with Gasteiger partial charge in [-0.15, -0.1) is 0 Å². The number of rotatable bonds is 5. The van der Waals surface area contributed by atoms with E-state index in [2.05, 4.69) is 10.5 Å². The van der Waals surface area contributed by atoms with Crippen molar-refractivity contribution in [3.63, 3.8) is 0 Å².